The minimum Gasteiger partial charge on any atom is -0.489 e. The van der Waals surface area contributed by atoms with Crippen LogP contribution in [-0.4, -0.2) is 83.7 Å². The lowest BCUT2D eigenvalue weighted by atomic mass is 9.96. The number of hydrogen-bond acceptors (Lipinski definition) is 10. The normalized spacial score (nSPS) is 24.5. The number of ether oxygens (including phenoxy) is 2. The number of nitriles is 1. The monoisotopic (exact) mass is 679 g/mol. The molecule has 2 aromatic heterocycles. The van der Waals surface area contributed by atoms with Gasteiger partial charge in [0.2, 0.25) is 6.41 Å². The fraction of sp³-hybridized carbons (Fsp3) is 0.455. The van der Waals surface area contributed by atoms with Gasteiger partial charge in [-0.1, -0.05) is 17.7 Å². The molecule has 2 saturated heterocycles. The topological polar surface area (TPSA) is 121 Å². The van der Waals surface area contributed by atoms with Crippen LogP contribution < -0.4 is 20.1 Å². The molecular formula is C33H32ClF2N7O3S. The number of hydrogen-bond donors (Lipinski definition) is 1. The molecule has 2 N–H and O–H groups in total. The Labute approximate surface area is 278 Å². The predicted octanol–water partition coefficient (Wildman–Crippen LogP) is 5.72. The van der Waals surface area contributed by atoms with Crippen LogP contribution in [0, 0.1) is 23.0 Å². The van der Waals surface area contributed by atoms with Crippen LogP contribution in [-0.2, 0) is 4.79 Å². The number of likely N-dealkylation sites (tertiary alicyclic amines) is 2. The molecule has 0 aliphatic carbocycles. The highest BCUT2D eigenvalue weighted by molar-refractivity contribution is 7.23. The van der Waals surface area contributed by atoms with Crippen molar-refractivity contribution in [3.63, 3.8) is 0 Å². The summed E-state index contributed by atoms with van der Waals surface area (Å²) in [4.78, 5) is 28.0. The molecule has 4 aromatic rings. The van der Waals surface area contributed by atoms with Crippen molar-refractivity contribution in [2.75, 3.05) is 43.9 Å². The van der Waals surface area contributed by atoms with Crippen molar-refractivity contribution in [1.82, 2.24) is 19.8 Å². The molecule has 2 aromatic carbocycles. The van der Waals surface area contributed by atoms with Crippen molar-refractivity contribution in [3.05, 3.63) is 34.4 Å². The quantitative estimate of drug-likeness (QED) is 0.271. The predicted molar refractivity (Wildman–Crippen MR) is 176 cm³/mol. The SMILES string of the molecule is CN1CCCC1C1CCCC2CC(CN2C=O)N2CCOc3c(Cl)c(-c4ccc(F)c5sc(N)c(C#N)c45)c(F)c4nc(nc2c34)O1. The number of rotatable bonds is 3. The smallest absolute Gasteiger partial charge is 0.319 e. The van der Waals surface area contributed by atoms with E-state index in [0.717, 1.165) is 62.8 Å². The lowest BCUT2D eigenvalue weighted by Crippen LogP contribution is -2.41. The number of likely N-dealkylation sites (N-methyl/N-ethyl adjacent to an activating group) is 1. The number of nitrogens with two attached hydrogens (primary N) is 1. The second-order valence-electron chi connectivity index (χ2n) is 12.8. The van der Waals surface area contributed by atoms with Crippen LogP contribution >= 0.6 is 22.9 Å². The summed E-state index contributed by atoms with van der Waals surface area (Å²) in [5.74, 6) is -0.715. The second-order valence-corrected chi connectivity index (χ2v) is 14.2. The molecule has 8 rings (SSSR count). The molecule has 10 nitrogen and oxygen atoms in total. The van der Waals surface area contributed by atoms with Gasteiger partial charge in [-0.05, 0) is 63.7 Å². The molecule has 14 heteroatoms. The van der Waals surface area contributed by atoms with Crippen molar-refractivity contribution in [2.45, 2.75) is 62.8 Å². The maximum atomic E-state index is 17.2. The maximum absolute atomic E-state index is 17.2. The highest BCUT2D eigenvalue weighted by atomic mass is 35.5. The molecule has 4 bridgehead atoms. The van der Waals surface area contributed by atoms with E-state index in [-0.39, 0.29) is 84.9 Å². The van der Waals surface area contributed by atoms with Crippen LogP contribution in [0.25, 0.3) is 32.1 Å². The molecule has 6 heterocycles. The standard InChI is InChI=1S/C33H32ClF2N7O3S/c1-41-9-3-5-21(41)22-6-2-4-16-12-17(14-42(16)15-44)43-10-11-45-29-25-28(39-33(46-22)40-32(25)43)27(36)24(26(29)34)18-7-8-20(35)30-23(18)19(13-37)31(38)47-30/h7-8,15-17,21-22H,2-6,9-12,14,38H2,1H3. The first kappa shape index (κ1) is 30.4. The Morgan fingerprint density at radius 1 is 1.15 bits per heavy atom. The number of carbonyl (C=O) groups excluding carboxylic acids is 1. The Bertz CT molecular complexity index is 1990. The first-order valence-electron chi connectivity index (χ1n) is 15.9. The molecule has 0 saturated carbocycles. The Hall–Kier alpha value is -3.99. The largest absolute Gasteiger partial charge is 0.489 e. The fourth-order valence-electron chi connectivity index (χ4n) is 8.06. The van der Waals surface area contributed by atoms with E-state index >= 15 is 4.39 Å². The lowest BCUT2D eigenvalue weighted by Gasteiger charge is -2.31. The second kappa shape index (κ2) is 11.6. The van der Waals surface area contributed by atoms with E-state index < -0.39 is 11.6 Å². The Balaban J connectivity index is 1.39. The summed E-state index contributed by atoms with van der Waals surface area (Å²) in [5.41, 5.74) is 6.24. The van der Waals surface area contributed by atoms with Crippen molar-refractivity contribution in [2.24, 2.45) is 0 Å². The number of nitrogens with zero attached hydrogens (tertiary/aromatic N) is 6. The van der Waals surface area contributed by atoms with Crippen molar-refractivity contribution < 1.29 is 23.0 Å². The van der Waals surface area contributed by atoms with E-state index in [1.807, 2.05) is 11.0 Å². The zero-order chi connectivity index (χ0) is 32.6. The van der Waals surface area contributed by atoms with Crippen molar-refractivity contribution in [3.8, 4) is 29.0 Å². The van der Waals surface area contributed by atoms with Gasteiger partial charge in [-0.25, -0.2) is 8.78 Å². The van der Waals surface area contributed by atoms with Crippen LogP contribution in [0.5, 0.6) is 11.8 Å². The number of carbonyl (C=O) groups is 1. The number of aromatic nitrogens is 2. The summed E-state index contributed by atoms with van der Waals surface area (Å²) in [6.45, 7) is 2.06. The lowest BCUT2D eigenvalue weighted by molar-refractivity contribution is -0.119. The van der Waals surface area contributed by atoms with Crippen LogP contribution in [0.15, 0.2) is 12.1 Å². The van der Waals surface area contributed by atoms with Gasteiger partial charge in [0.25, 0.3) is 0 Å². The highest BCUT2D eigenvalue weighted by Gasteiger charge is 2.40. The summed E-state index contributed by atoms with van der Waals surface area (Å²) in [7, 11) is 2.08. The third-order valence-electron chi connectivity index (χ3n) is 10.3. The number of thiophene rings is 1. The molecule has 0 spiro atoms. The number of nitrogen functional groups attached to an aromatic ring is 1. The summed E-state index contributed by atoms with van der Waals surface area (Å²) in [6, 6.07) is 4.82. The maximum Gasteiger partial charge on any atom is 0.319 e. The molecule has 47 heavy (non-hydrogen) atoms. The summed E-state index contributed by atoms with van der Waals surface area (Å²) >= 11 is 7.97. The molecule has 2 fully saturated rings. The molecule has 4 unspecified atom stereocenters. The van der Waals surface area contributed by atoms with E-state index in [1.165, 1.54) is 12.1 Å². The van der Waals surface area contributed by atoms with Crippen molar-refractivity contribution in [1.29, 1.82) is 5.26 Å². The van der Waals surface area contributed by atoms with Crippen LogP contribution in [0.3, 0.4) is 0 Å². The first-order chi connectivity index (χ1) is 22.8. The summed E-state index contributed by atoms with van der Waals surface area (Å²) in [5, 5.41) is 10.5. The molecular weight excluding hydrogens is 648 g/mol. The van der Waals surface area contributed by atoms with E-state index in [2.05, 4.69) is 16.8 Å². The minimum atomic E-state index is -0.769. The van der Waals surface area contributed by atoms with Gasteiger partial charge in [0.1, 0.15) is 40.9 Å². The number of anilines is 2. The first-order valence-corrected chi connectivity index (χ1v) is 17.1. The van der Waals surface area contributed by atoms with Gasteiger partial charge in [-0.2, -0.15) is 15.2 Å². The van der Waals surface area contributed by atoms with Gasteiger partial charge in [-0.15, -0.1) is 11.3 Å². The van der Waals surface area contributed by atoms with Crippen LogP contribution in [0.1, 0.15) is 44.1 Å². The van der Waals surface area contributed by atoms with Gasteiger partial charge in [-0.3, -0.25) is 9.69 Å². The molecule has 0 radical (unpaired) electrons. The van der Waals surface area contributed by atoms with Gasteiger partial charge < -0.3 is 25.0 Å². The number of amides is 1. The summed E-state index contributed by atoms with van der Waals surface area (Å²) < 4.78 is 45.2. The molecule has 4 atom stereocenters. The van der Waals surface area contributed by atoms with Crippen LogP contribution in [0.4, 0.5) is 19.6 Å². The zero-order valence-electron chi connectivity index (χ0n) is 25.6. The number of benzene rings is 2. The molecule has 4 aliphatic rings. The Morgan fingerprint density at radius 2 is 2.00 bits per heavy atom. The molecule has 244 valence electrons. The fourth-order valence-corrected chi connectivity index (χ4v) is 9.35. The van der Waals surface area contributed by atoms with Crippen LogP contribution in [0.2, 0.25) is 5.02 Å². The number of halogens is 3. The van der Waals surface area contributed by atoms with Crippen molar-refractivity contribution >= 4 is 61.2 Å². The Kier molecular flexibility index (Phi) is 7.50. The molecule has 4 aliphatic heterocycles. The Morgan fingerprint density at radius 3 is 2.77 bits per heavy atom. The third-order valence-corrected chi connectivity index (χ3v) is 11.7. The zero-order valence-corrected chi connectivity index (χ0v) is 27.2. The average molecular weight is 680 g/mol. The highest BCUT2D eigenvalue weighted by Crippen LogP contribution is 2.51. The summed E-state index contributed by atoms with van der Waals surface area (Å²) in [6.07, 6.45) is 5.85. The van der Waals surface area contributed by atoms with Gasteiger partial charge in [0.05, 0.1) is 33.3 Å². The third kappa shape index (κ3) is 4.75. The minimum absolute atomic E-state index is 0.0395. The van der Waals surface area contributed by atoms with E-state index in [1.54, 1.807) is 0 Å². The van der Waals surface area contributed by atoms with E-state index in [4.69, 9.17) is 36.8 Å². The van der Waals surface area contributed by atoms with Gasteiger partial charge >= 0.3 is 6.01 Å². The average Bonchev–Trinajstić information content (AvgIpc) is 3.73. The van der Waals surface area contributed by atoms with E-state index in [9.17, 15) is 14.4 Å². The van der Waals surface area contributed by atoms with E-state index in [0.29, 0.717) is 24.3 Å². The number of fused-ring (bicyclic) bond motifs is 5. The van der Waals surface area contributed by atoms with Gasteiger partial charge in [0.15, 0.2) is 11.6 Å². The van der Waals surface area contributed by atoms with Gasteiger partial charge in [0, 0.05) is 29.6 Å². The molecule has 1 amide bonds.